The third kappa shape index (κ3) is 5.68. The Morgan fingerprint density at radius 1 is 1.24 bits per heavy atom. The van der Waals surface area contributed by atoms with Crippen molar-refractivity contribution in [2.45, 2.75) is 12.8 Å². The van der Waals surface area contributed by atoms with Crippen molar-refractivity contribution in [3.63, 3.8) is 0 Å². The van der Waals surface area contributed by atoms with Crippen LogP contribution in [0.5, 0.6) is 11.5 Å². The zero-order valence-electron chi connectivity index (χ0n) is 16.1. The molecule has 1 aliphatic carbocycles. The summed E-state index contributed by atoms with van der Waals surface area (Å²) in [6.07, 6.45) is 8.44. The van der Waals surface area contributed by atoms with Gasteiger partial charge in [0.25, 0.3) is 5.91 Å². The molecule has 0 aliphatic heterocycles. The van der Waals surface area contributed by atoms with Gasteiger partial charge in [0.05, 0.1) is 13.0 Å². The van der Waals surface area contributed by atoms with Crippen molar-refractivity contribution in [2.75, 3.05) is 13.7 Å². The molecule has 0 spiro atoms. The highest BCUT2D eigenvalue weighted by molar-refractivity contribution is 5.91. The highest BCUT2D eigenvalue weighted by atomic mass is 16.5. The van der Waals surface area contributed by atoms with E-state index in [1.807, 2.05) is 42.5 Å². The molecule has 1 aliphatic rings. The second-order valence-electron chi connectivity index (χ2n) is 6.55. The molecule has 0 saturated carbocycles. The van der Waals surface area contributed by atoms with Gasteiger partial charge in [-0.2, -0.15) is 0 Å². The van der Waals surface area contributed by atoms with E-state index in [4.69, 9.17) is 15.2 Å². The number of ether oxygens (including phenoxy) is 2. The van der Waals surface area contributed by atoms with Crippen LogP contribution < -0.4 is 15.8 Å². The number of nitrogens with two attached hydrogens (primary N) is 1. The van der Waals surface area contributed by atoms with Gasteiger partial charge in [0.2, 0.25) is 5.91 Å². The van der Waals surface area contributed by atoms with Gasteiger partial charge in [-0.15, -0.1) is 0 Å². The summed E-state index contributed by atoms with van der Waals surface area (Å²) in [6, 6.07) is 10.7. The quantitative estimate of drug-likeness (QED) is 0.718. The van der Waals surface area contributed by atoms with Crippen LogP contribution in [-0.2, 0) is 16.0 Å². The first kappa shape index (κ1) is 20.1. The number of rotatable bonds is 8. The molecule has 1 aromatic heterocycles. The van der Waals surface area contributed by atoms with Gasteiger partial charge in [-0.1, -0.05) is 18.2 Å². The van der Waals surface area contributed by atoms with Gasteiger partial charge in [0.15, 0.2) is 0 Å². The molecule has 1 heterocycles. The largest absolute Gasteiger partial charge is 0.497 e. The van der Waals surface area contributed by atoms with Crippen LogP contribution >= 0.6 is 0 Å². The first-order chi connectivity index (χ1) is 14.0. The monoisotopic (exact) mass is 393 g/mol. The number of primary amides is 1. The predicted molar refractivity (Wildman–Crippen MR) is 108 cm³/mol. The second kappa shape index (κ2) is 9.54. The number of carbonyl (C=O) groups is 2. The molecule has 0 fully saturated rings. The Kier molecular flexibility index (Phi) is 6.63. The Hall–Kier alpha value is -3.61. The lowest BCUT2D eigenvalue weighted by molar-refractivity contribution is -0.123. The lowest BCUT2D eigenvalue weighted by Gasteiger charge is -2.16. The van der Waals surface area contributed by atoms with Crippen LogP contribution in [0.2, 0.25) is 0 Å². The number of amides is 2. The van der Waals surface area contributed by atoms with E-state index in [-0.39, 0.29) is 17.5 Å². The minimum atomic E-state index is -0.610. The summed E-state index contributed by atoms with van der Waals surface area (Å²) in [5.74, 6) is 0.964. The highest BCUT2D eigenvalue weighted by Gasteiger charge is 2.17. The molecule has 1 atom stereocenters. The number of pyridine rings is 1. The average Bonchev–Trinajstić information content (AvgIpc) is 2.74. The van der Waals surface area contributed by atoms with Crippen molar-refractivity contribution in [3.05, 3.63) is 77.8 Å². The molecule has 1 unspecified atom stereocenters. The number of hydrogen-bond donors (Lipinski definition) is 2. The minimum Gasteiger partial charge on any atom is -0.497 e. The Morgan fingerprint density at radius 2 is 2.07 bits per heavy atom. The second-order valence-corrected chi connectivity index (χ2v) is 6.55. The van der Waals surface area contributed by atoms with Gasteiger partial charge >= 0.3 is 0 Å². The number of hydrogen-bond acceptors (Lipinski definition) is 5. The summed E-state index contributed by atoms with van der Waals surface area (Å²) in [4.78, 5) is 27.5. The third-order valence-electron chi connectivity index (χ3n) is 4.44. The number of carbonyl (C=O) groups excluding carboxylic acids is 2. The predicted octanol–water partition coefficient (Wildman–Crippen LogP) is 2.74. The smallest absolute Gasteiger partial charge is 0.267 e. The molecule has 150 valence electrons. The molecule has 0 radical (unpaired) electrons. The third-order valence-corrected chi connectivity index (χ3v) is 4.44. The number of nitrogens with zero attached hydrogens (tertiary/aromatic N) is 1. The zero-order valence-corrected chi connectivity index (χ0v) is 16.1. The SMILES string of the molecule is COC1=CC(C(=O)NCCc2cccc(Oc3ccnc(C(N)=O)c3)c2)CC=C1. The van der Waals surface area contributed by atoms with Crippen molar-refractivity contribution >= 4 is 11.8 Å². The van der Waals surface area contributed by atoms with Crippen LogP contribution in [0.4, 0.5) is 0 Å². The van der Waals surface area contributed by atoms with E-state index in [9.17, 15) is 9.59 Å². The summed E-state index contributed by atoms with van der Waals surface area (Å²) >= 11 is 0. The molecule has 2 amide bonds. The van der Waals surface area contributed by atoms with E-state index >= 15 is 0 Å². The lowest BCUT2D eigenvalue weighted by Crippen LogP contribution is -2.32. The lowest BCUT2D eigenvalue weighted by atomic mass is 9.99. The number of methoxy groups -OCH3 is 1. The Bertz CT molecular complexity index is 953. The van der Waals surface area contributed by atoms with E-state index in [0.717, 1.165) is 5.56 Å². The van der Waals surface area contributed by atoms with Crippen molar-refractivity contribution < 1.29 is 19.1 Å². The Balaban J connectivity index is 1.54. The Labute approximate surface area is 169 Å². The van der Waals surface area contributed by atoms with Gasteiger partial charge < -0.3 is 20.5 Å². The topological polar surface area (TPSA) is 104 Å². The van der Waals surface area contributed by atoms with Crippen LogP contribution in [0.25, 0.3) is 0 Å². The molecular formula is C22H23N3O4. The van der Waals surface area contributed by atoms with Crippen molar-refractivity contribution in [1.29, 1.82) is 0 Å². The van der Waals surface area contributed by atoms with E-state index < -0.39 is 5.91 Å². The molecule has 29 heavy (non-hydrogen) atoms. The van der Waals surface area contributed by atoms with Gasteiger partial charge in [0, 0.05) is 18.8 Å². The summed E-state index contributed by atoms with van der Waals surface area (Å²) < 4.78 is 11.0. The van der Waals surface area contributed by atoms with E-state index in [1.54, 1.807) is 13.2 Å². The van der Waals surface area contributed by atoms with Gasteiger partial charge in [-0.3, -0.25) is 14.6 Å². The number of nitrogens with one attached hydrogen (secondary N) is 1. The number of aromatic nitrogens is 1. The molecule has 7 nitrogen and oxygen atoms in total. The van der Waals surface area contributed by atoms with Crippen LogP contribution in [0, 0.1) is 5.92 Å². The molecular weight excluding hydrogens is 370 g/mol. The fraction of sp³-hybridized carbons (Fsp3) is 0.227. The van der Waals surface area contributed by atoms with Crippen LogP contribution in [0.3, 0.4) is 0 Å². The zero-order chi connectivity index (χ0) is 20.6. The summed E-state index contributed by atoms with van der Waals surface area (Å²) in [5.41, 5.74) is 6.40. The average molecular weight is 393 g/mol. The normalized spacial score (nSPS) is 15.3. The highest BCUT2D eigenvalue weighted by Crippen LogP contribution is 2.23. The van der Waals surface area contributed by atoms with E-state index in [0.29, 0.717) is 36.6 Å². The summed E-state index contributed by atoms with van der Waals surface area (Å²) in [6.45, 7) is 0.514. The minimum absolute atomic E-state index is 0.0212. The number of allylic oxidation sites excluding steroid dienone is 2. The first-order valence-corrected chi connectivity index (χ1v) is 9.28. The van der Waals surface area contributed by atoms with Crippen molar-refractivity contribution in [3.8, 4) is 11.5 Å². The summed E-state index contributed by atoms with van der Waals surface area (Å²) in [5, 5.41) is 2.96. The van der Waals surface area contributed by atoms with Gasteiger partial charge in [0.1, 0.15) is 23.0 Å². The maximum Gasteiger partial charge on any atom is 0.267 e. The van der Waals surface area contributed by atoms with Crippen molar-refractivity contribution in [2.24, 2.45) is 11.7 Å². The fourth-order valence-electron chi connectivity index (χ4n) is 2.94. The first-order valence-electron chi connectivity index (χ1n) is 9.28. The van der Waals surface area contributed by atoms with E-state index in [1.165, 1.54) is 12.3 Å². The van der Waals surface area contributed by atoms with Crippen molar-refractivity contribution in [1.82, 2.24) is 10.3 Å². The summed E-state index contributed by atoms with van der Waals surface area (Å²) in [7, 11) is 1.59. The molecule has 0 bridgehead atoms. The molecule has 2 aromatic rings. The number of benzene rings is 1. The van der Waals surface area contributed by atoms with Gasteiger partial charge in [-0.25, -0.2) is 0 Å². The van der Waals surface area contributed by atoms with Crippen LogP contribution in [0.1, 0.15) is 22.5 Å². The maximum absolute atomic E-state index is 12.3. The van der Waals surface area contributed by atoms with Crippen LogP contribution in [-0.4, -0.2) is 30.5 Å². The molecule has 3 N–H and O–H groups in total. The molecule has 7 heteroatoms. The maximum atomic E-state index is 12.3. The molecule has 1 aromatic carbocycles. The van der Waals surface area contributed by atoms with E-state index in [2.05, 4.69) is 10.3 Å². The van der Waals surface area contributed by atoms with Gasteiger partial charge in [-0.05, 0) is 48.8 Å². The standard InChI is InChI=1S/C22H23N3O4/c1-28-17-6-3-5-16(13-17)22(27)25-10-8-15-4-2-7-18(12-15)29-19-9-11-24-20(14-19)21(23)26/h2-4,6-7,9,11-14,16H,5,8,10H2,1H3,(H2,23,26)(H,25,27). The Morgan fingerprint density at radius 3 is 2.86 bits per heavy atom. The molecule has 0 saturated heterocycles. The molecule has 3 rings (SSSR count). The fourth-order valence-corrected chi connectivity index (χ4v) is 2.94. The van der Waals surface area contributed by atoms with Crippen LogP contribution in [0.15, 0.2) is 66.6 Å².